The molecule has 0 aromatic heterocycles. The zero-order chi connectivity index (χ0) is 19.6. The van der Waals surface area contributed by atoms with Gasteiger partial charge in [-0.15, -0.1) is 0 Å². The summed E-state index contributed by atoms with van der Waals surface area (Å²) in [7, 11) is -5.73. The lowest BCUT2D eigenvalue weighted by molar-refractivity contribution is 0.116. The first-order valence-electron chi connectivity index (χ1n) is 8.13. The predicted octanol–water partition coefficient (Wildman–Crippen LogP) is 5.30. The molecule has 0 N–H and O–H groups in total. The first kappa shape index (κ1) is 22.6. The molecule has 1 rings (SSSR count). The van der Waals surface area contributed by atoms with Crippen LogP contribution in [0.25, 0.3) is 0 Å². The van der Waals surface area contributed by atoms with E-state index in [1.807, 2.05) is 6.92 Å². The second-order valence-electron chi connectivity index (χ2n) is 7.89. The summed E-state index contributed by atoms with van der Waals surface area (Å²) < 4.78 is 48.5. The Morgan fingerprint density at radius 2 is 1.84 bits per heavy atom. The molecule has 1 aromatic carbocycles. The van der Waals surface area contributed by atoms with Gasteiger partial charge in [0.25, 0.3) is 10.1 Å². The number of halogens is 2. The Morgan fingerprint density at radius 3 is 2.28 bits per heavy atom. The summed E-state index contributed by atoms with van der Waals surface area (Å²) in [6.45, 7) is 12.5. The van der Waals surface area contributed by atoms with Crippen LogP contribution in [0.3, 0.4) is 0 Å². The minimum atomic E-state index is -3.71. The first-order chi connectivity index (χ1) is 11.1. The summed E-state index contributed by atoms with van der Waals surface area (Å²) in [6, 6.07) is 4.17. The fourth-order valence-corrected chi connectivity index (χ4v) is 4.37. The third-order valence-electron chi connectivity index (χ3n) is 4.45. The van der Waals surface area contributed by atoms with Crippen molar-refractivity contribution in [2.45, 2.75) is 64.5 Å². The van der Waals surface area contributed by atoms with Crippen molar-refractivity contribution in [2.75, 3.05) is 6.26 Å². The van der Waals surface area contributed by atoms with Crippen LogP contribution < -0.4 is 0 Å². The third-order valence-corrected chi connectivity index (χ3v) is 9.95. The summed E-state index contributed by atoms with van der Waals surface area (Å²) in [5, 5.41) is 0.00770. The van der Waals surface area contributed by atoms with Gasteiger partial charge in [0.15, 0.2) is 8.32 Å². The molecule has 2 atom stereocenters. The van der Waals surface area contributed by atoms with Crippen LogP contribution in [0, 0.1) is 5.82 Å². The van der Waals surface area contributed by atoms with E-state index in [2.05, 4.69) is 33.9 Å². The lowest BCUT2D eigenvalue weighted by Crippen LogP contribution is -2.43. The van der Waals surface area contributed by atoms with E-state index in [1.54, 1.807) is 6.07 Å². The second kappa shape index (κ2) is 8.04. The molecule has 0 aliphatic rings. The molecular weight excluding hydrogens is 383 g/mol. The highest BCUT2D eigenvalue weighted by Gasteiger charge is 2.39. The SMILES string of the molecule is CC(CC(OS(C)(=O)=O)c1ccc(Cl)c(F)c1)O[Si](C)(C)C(C)(C)C. The Bertz CT molecular complexity index is 701. The molecule has 0 spiro atoms. The molecule has 2 unspecified atom stereocenters. The third kappa shape index (κ3) is 6.98. The topological polar surface area (TPSA) is 52.6 Å². The van der Waals surface area contributed by atoms with Gasteiger partial charge in [0.1, 0.15) is 11.9 Å². The monoisotopic (exact) mass is 410 g/mol. The van der Waals surface area contributed by atoms with E-state index in [-0.39, 0.29) is 16.2 Å². The van der Waals surface area contributed by atoms with E-state index in [9.17, 15) is 12.8 Å². The zero-order valence-corrected chi connectivity index (χ0v) is 18.5. The number of hydrogen-bond donors (Lipinski definition) is 0. The highest BCUT2D eigenvalue weighted by Crippen LogP contribution is 2.38. The van der Waals surface area contributed by atoms with Crippen LogP contribution in [-0.2, 0) is 18.7 Å². The minimum absolute atomic E-state index is 0.0209. The summed E-state index contributed by atoms with van der Waals surface area (Å²) in [5.74, 6) is -0.612. The van der Waals surface area contributed by atoms with Crippen LogP contribution in [0.1, 0.15) is 45.8 Å². The van der Waals surface area contributed by atoms with Gasteiger partial charge in [-0.05, 0) is 42.8 Å². The highest BCUT2D eigenvalue weighted by atomic mass is 35.5. The van der Waals surface area contributed by atoms with Crippen LogP contribution in [-0.4, -0.2) is 29.1 Å². The summed E-state index contributed by atoms with van der Waals surface area (Å²) >= 11 is 5.71. The number of hydrogen-bond acceptors (Lipinski definition) is 4. The molecular formula is C17H28ClFO4SSi. The van der Waals surface area contributed by atoms with Gasteiger partial charge in [0, 0.05) is 12.5 Å². The van der Waals surface area contributed by atoms with Gasteiger partial charge in [-0.2, -0.15) is 8.42 Å². The molecule has 0 aliphatic heterocycles. The van der Waals surface area contributed by atoms with E-state index in [4.69, 9.17) is 20.2 Å². The lowest BCUT2D eigenvalue weighted by atomic mass is 10.0. The second-order valence-corrected chi connectivity index (χ2v) is 14.7. The smallest absolute Gasteiger partial charge is 0.264 e. The molecule has 0 heterocycles. The van der Waals surface area contributed by atoms with Gasteiger partial charge in [-0.1, -0.05) is 38.4 Å². The molecule has 0 saturated heterocycles. The molecule has 1 aromatic rings. The van der Waals surface area contributed by atoms with E-state index in [0.29, 0.717) is 12.0 Å². The highest BCUT2D eigenvalue weighted by molar-refractivity contribution is 7.86. The van der Waals surface area contributed by atoms with Gasteiger partial charge < -0.3 is 4.43 Å². The average Bonchev–Trinajstić information content (AvgIpc) is 2.37. The molecule has 0 saturated carbocycles. The Kier molecular flexibility index (Phi) is 7.26. The van der Waals surface area contributed by atoms with Gasteiger partial charge >= 0.3 is 0 Å². The van der Waals surface area contributed by atoms with Crippen LogP contribution >= 0.6 is 11.6 Å². The first-order valence-corrected chi connectivity index (χ1v) is 13.2. The van der Waals surface area contributed by atoms with E-state index in [1.165, 1.54) is 12.1 Å². The van der Waals surface area contributed by atoms with Crippen molar-refractivity contribution in [1.82, 2.24) is 0 Å². The number of benzene rings is 1. The average molecular weight is 411 g/mol. The van der Waals surface area contributed by atoms with Crippen LogP contribution in [0.2, 0.25) is 23.2 Å². The van der Waals surface area contributed by atoms with Crippen molar-refractivity contribution in [3.63, 3.8) is 0 Å². The Morgan fingerprint density at radius 1 is 1.28 bits per heavy atom. The molecule has 0 aliphatic carbocycles. The Labute approximate surface area is 156 Å². The van der Waals surface area contributed by atoms with Crippen molar-refractivity contribution in [1.29, 1.82) is 0 Å². The molecule has 0 amide bonds. The molecule has 25 heavy (non-hydrogen) atoms. The normalized spacial score (nSPS) is 15.9. The van der Waals surface area contributed by atoms with Crippen LogP contribution in [0.5, 0.6) is 0 Å². The van der Waals surface area contributed by atoms with Crippen LogP contribution in [0.4, 0.5) is 4.39 Å². The fraction of sp³-hybridized carbons (Fsp3) is 0.647. The molecule has 0 fully saturated rings. The van der Waals surface area contributed by atoms with Crippen molar-refractivity contribution < 1.29 is 21.4 Å². The Hall–Kier alpha value is -0.473. The fourth-order valence-electron chi connectivity index (χ4n) is 2.18. The van der Waals surface area contributed by atoms with Gasteiger partial charge in [0.05, 0.1) is 11.3 Å². The van der Waals surface area contributed by atoms with Crippen molar-refractivity contribution in [2.24, 2.45) is 0 Å². The van der Waals surface area contributed by atoms with Gasteiger partial charge in [0.2, 0.25) is 0 Å². The summed E-state index contributed by atoms with van der Waals surface area (Å²) in [5.41, 5.74) is 0.415. The van der Waals surface area contributed by atoms with Gasteiger partial charge in [-0.3, -0.25) is 4.18 Å². The van der Waals surface area contributed by atoms with Crippen molar-refractivity contribution in [3.8, 4) is 0 Å². The van der Waals surface area contributed by atoms with Crippen molar-refractivity contribution in [3.05, 3.63) is 34.6 Å². The van der Waals surface area contributed by atoms with E-state index in [0.717, 1.165) is 6.26 Å². The molecule has 144 valence electrons. The maximum absolute atomic E-state index is 13.8. The zero-order valence-electron chi connectivity index (χ0n) is 15.9. The molecule has 4 nitrogen and oxygen atoms in total. The van der Waals surface area contributed by atoms with E-state index >= 15 is 0 Å². The standard InChI is InChI=1S/C17H28ClFO4SSi/c1-12(23-25(6,7)17(2,3)4)10-16(22-24(5,20)21)13-8-9-14(18)15(19)11-13/h8-9,11-12,16H,10H2,1-7H3. The van der Waals surface area contributed by atoms with E-state index < -0.39 is 30.4 Å². The summed E-state index contributed by atoms with van der Waals surface area (Å²) in [4.78, 5) is 0. The summed E-state index contributed by atoms with van der Waals surface area (Å²) in [6.07, 6.45) is 0.194. The van der Waals surface area contributed by atoms with Crippen molar-refractivity contribution >= 4 is 30.0 Å². The molecule has 0 radical (unpaired) electrons. The predicted molar refractivity (Wildman–Crippen MR) is 102 cm³/mol. The molecule has 8 heteroatoms. The minimum Gasteiger partial charge on any atom is -0.414 e. The number of rotatable bonds is 7. The largest absolute Gasteiger partial charge is 0.414 e. The van der Waals surface area contributed by atoms with Crippen LogP contribution in [0.15, 0.2) is 18.2 Å². The quantitative estimate of drug-likeness (QED) is 0.452. The lowest BCUT2D eigenvalue weighted by Gasteiger charge is -2.39. The Balaban J connectivity index is 3.03. The maximum Gasteiger partial charge on any atom is 0.264 e. The maximum atomic E-state index is 13.8. The molecule has 0 bridgehead atoms. The van der Waals surface area contributed by atoms with Gasteiger partial charge in [-0.25, -0.2) is 4.39 Å².